The highest BCUT2D eigenvalue weighted by Gasteiger charge is 2.52. The number of hydrogen-bond donors (Lipinski definition) is 2. The maximum Gasteiger partial charge on any atom is 0.0776 e. The smallest absolute Gasteiger partial charge is 0.0776 e. The van der Waals surface area contributed by atoms with Gasteiger partial charge in [-0.05, 0) is 42.7 Å². The summed E-state index contributed by atoms with van der Waals surface area (Å²) in [6, 6.07) is 8.52. The highest BCUT2D eigenvalue weighted by atomic mass is 16.3. The molecule has 0 fully saturated rings. The zero-order chi connectivity index (χ0) is 14.1. The van der Waals surface area contributed by atoms with E-state index < -0.39 is 5.60 Å². The fourth-order valence-corrected chi connectivity index (χ4v) is 4.06. The Balaban J connectivity index is 2.62. The van der Waals surface area contributed by atoms with Gasteiger partial charge in [0, 0.05) is 12.0 Å². The largest absolute Gasteiger partial charge is 0.389 e. The first kappa shape index (κ1) is 14.5. The maximum absolute atomic E-state index is 11.3. The quantitative estimate of drug-likeness (QED) is 0.875. The number of aryl methyl sites for hydroxylation is 1. The molecule has 0 aliphatic heterocycles. The zero-order valence-electron chi connectivity index (χ0n) is 12.4. The molecular formula is C17H27NO. The van der Waals surface area contributed by atoms with Crippen LogP contribution in [-0.2, 0) is 11.8 Å². The molecule has 0 saturated carbocycles. The van der Waals surface area contributed by atoms with Crippen LogP contribution in [0.25, 0.3) is 0 Å². The van der Waals surface area contributed by atoms with Crippen molar-refractivity contribution in [3.8, 4) is 0 Å². The first-order chi connectivity index (χ1) is 9.02. The molecule has 2 unspecified atom stereocenters. The predicted octanol–water partition coefficient (Wildman–Crippen LogP) is 3.02. The van der Waals surface area contributed by atoms with E-state index in [2.05, 4.69) is 45.0 Å². The van der Waals surface area contributed by atoms with E-state index in [-0.39, 0.29) is 11.3 Å². The van der Waals surface area contributed by atoms with Gasteiger partial charge in [-0.2, -0.15) is 0 Å². The first-order valence-corrected chi connectivity index (χ1v) is 7.52. The van der Waals surface area contributed by atoms with Gasteiger partial charge in [0.05, 0.1) is 5.60 Å². The second kappa shape index (κ2) is 5.26. The number of rotatable bonds is 4. The Kier molecular flexibility index (Phi) is 4.03. The van der Waals surface area contributed by atoms with Crippen LogP contribution in [0.2, 0.25) is 0 Å². The minimum absolute atomic E-state index is 0.201. The SMILES string of the molecule is CCC(O)(C(C)C)C1(CN)CCCc2ccccc21. The van der Waals surface area contributed by atoms with Gasteiger partial charge < -0.3 is 10.8 Å². The summed E-state index contributed by atoms with van der Waals surface area (Å²) in [5.41, 5.74) is 7.83. The van der Waals surface area contributed by atoms with E-state index in [1.165, 1.54) is 11.1 Å². The zero-order valence-corrected chi connectivity index (χ0v) is 12.4. The average molecular weight is 261 g/mol. The topological polar surface area (TPSA) is 46.2 Å². The molecule has 1 aliphatic carbocycles. The molecule has 1 aliphatic rings. The molecular weight excluding hydrogens is 234 g/mol. The minimum Gasteiger partial charge on any atom is -0.389 e. The lowest BCUT2D eigenvalue weighted by atomic mass is 9.56. The van der Waals surface area contributed by atoms with Crippen molar-refractivity contribution in [2.75, 3.05) is 6.54 Å². The van der Waals surface area contributed by atoms with Crippen molar-refractivity contribution in [2.24, 2.45) is 11.7 Å². The van der Waals surface area contributed by atoms with Crippen molar-refractivity contribution < 1.29 is 5.11 Å². The monoisotopic (exact) mass is 261 g/mol. The van der Waals surface area contributed by atoms with Crippen LogP contribution in [0, 0.1) is 5.92 Å². The van der Waals surface area contributed by atoms with Crippen molar-refractivity contribution in [2.45, 2.75) is 57.5 Å². The first-order valence-electron chi connectivity index (χ1n) is 7.52. The molecule has 0 aromatic heterocycles. The summed E-state index contributed by atoms with van der Waals surface area (Å²) in [4.78, 5) is 0. The molecule has 1 aromatic carbocycles. The van der Waals surface area contributed by atoms with Crippen molar-refractivity contribution in [1.82, 2.24) is 0 Å². The van der Waals surface area contributed by atoms with Gasteiger partial charge in [-0.15, -0.1) is 0 Å². The maximum atomic E-state index is 11.3. The fraction of sp³-hybridized carbons (Fsp3) is 0.647. The number of aliphatic hydroxyl groups is 1. The van der Waals surface area contributed by atoms with E-state index in [9.17, 15) is 5.11 Å². The number of benzene rings is 1. The molecule has 106 valence electrons. The molecule has 2 atom stereocenters. The number of nitrogens with two attached hydrogens (primary N) is 1. The third-order valence-electron chi connectivity index (χ3n) is 5.25. The lowest BCUT2D eigenvalue weighted by molar-refractivity contribution is -0.0849. The highest BCUT2D eigenvalue weighted by Crippen LogP contribution is 2.48. The molecule has 2 heteroatoms. The van der Waals surface area contributed by atoms with E-state index in [1.807, 2.05) is 0 Å². The molecule has 0 radical (unpaired) electrons. The van der Waals surface area contributed by atoms with Gasteiger partial charge in [0.25, 0.3) is 0 Å². The van der Waals surface area contributed by atoms with Crippen molar-refractivity contribution in [1.29, 1.82) is 0 Å². The average Bonchev–Trinajstić information content (AvgIpc) is 2.45. The van der Waals surface area contributed by atoms with Crippen molar-refractivity contribution >= 4 is 0 Å². The fourth-order valence-electron chi connectivity index (χ4n) is 4.06. The van der Waals surface area contributed by atoms with Gasteiger partial charge in [-0.25, -0.2) is 0 Å². The van der Waals surface area contributed by atoms with Crippen LogP contribution >= 0.6 is 0 Å². The number of hydrogen-bond acceptors (Lipinski definition) is 2. The summed E-state index contributed by atoms with van der Waals surface area (Å²) in [7, 11) is 0. The van der Waals surface area contributed by atoms with Crippen LogP contribution in [0.4, 0.5) is 0 Å². The van der Waals surface area contributed by atoms with Gasteiger partial charge in [-0.1, -0.05) is 45.0 Å². The van der Waals surface area contributed by atoms with E-state index >= 15 is 0 Å². The molecule has 3 N–H and O–H groups in total. The van der Waals surface area contributed by atoms with Gasteiger partial charge in [-0.3, -0.25) is 0 Å². The van der Waals surface area contributed by atoms with Crippen LogP contribution in [0.1, 0.15) is 51.2 Å². The van der Waals surface area contributed by atoms with Crippen LogP contribution in [0.3, 0.4) is 0 Å². The van der Waals surface area contributed by atoms with E-state index in [1.54, 1.807) is 0 Å². The summed E-state index contributed by atoms with van der Waals surface area (Å²) in [5, 5.41) is 11.3. The Labute approximate surface area is 117 Å². The van der Waals surface area contributed by atoms with Crippen molar-refractivity contribution in [3.05, 3.63) is 35.4 Å². The van der Waals surface area contributed by atoms with Crippen LogP contribution < -0.4 is 5.73 Å². The molecule has 19 heavy (non-hydrogen) atoms. The third kappa shape index (κ3) is 2.02. The Hall–Kier alpha value is -0.860. The second-order valence-electron chi connectivity index (χ2n) is 6.23. The van der Waals surface area contributed by atoms with Crippen LogP contribution in [0.15, 0.2) is 24.3 Å². The molecule has 0 spiro atoms. The molecule has 1 aromatic rings. The second-order valence-corrected chi connectivity index (χ2v) is 6.23. The Bertz CT molecular complexity index is 443. The highest BCUT2D eigenvalue weighted by molar-refractivity contribution is 5.40. The van der Waals surface area contributed by atoms with Crippen LogP contribution in [-0.4, -0.2) is 17.3 Å². The molecule has 0 bridgehead atoms. The third-order valence-corrected chi connectivity index (χ3v) is 5.25. The predicted molar refractivity (Wildman–Crippen MR) is 80.2 cm³/mol. The lowest BCUT2D eigenvalue weighted by Gasteiger charge is -2.52. The van der Waals surface area contributed by atoms with E-state index in [0.29, 0.717) is 6.54 Å². The molecule has 0 heterocycles. The van der Waals surface area contributed by atoms with Gasteiger partial charge in [0.2, 0.25) is 0 Å². The molecule has 0 amide bonds. The van der Waals surface area contributed by atoms with E-state index in [0.717, 1.165) is 25.7 Å². The van der Waals surface area contributed by atoms with Crippen LogP contribution in [0.5, 0.6) is 0 Å². The summed E-state index contributed by atoms with van der Waals surface area (Å²) in [6.45, 7) is 6.82. The standard InChI is InChI=1S/C17H27NO/c1-4-17(19,13(2)3)16(12-18)11-7-9-14-8-5-6-10-15(14)16/h5-6,8,10,13,19H,4,7,9,11-12,18H2,1-3H3. The Morgan fingerprint density at radius 3 is 2.63 bits per heavy atom. The van der Waals surface area contributed by atoms with Gasteiger partial charge >= 0.3 is 0 Å². The summed E-state index contributed by atoms with van der Waals surface area (Å²) in [6.07, 6.45) is 3.96. The van der Waals surface area contributed by atoms with Crippen molar-refractivity contribution in [3.63, 3.8) is 0 Å². The summed E-state index contributed by atoms with van der Waals surface area (Å²) < 4.78 is 0. The molecule has 0 saturated heterocycles. The Morgan fingerprint density at radius 2 is 2.05 bits per heavy atom. The molecule has 2 rings (SSSR count). The normalized spacial score (nSPS) is 26.0. The van der Waals surface area contributed by atoms with E-state index in [4.69, 9.17) is 5.73 Å². The molecule has 2 nitrogen and oxygen atoms in total. The number of fused-ring (bicyclic) bond motifs is 1. The van der Waals surface area contributed by atoms with Gasteiger partial charge in [0.15, 0.2) is 0 Å². The Morgan fingerprint density at radius 1 is 1.37 bits per heavy atom. The van der Waals surface area contributed by atoms with Gasteiger partial charge in [0.1, 0.15) is 0 Å². The summed E-state index contributed by atoms with van der Waals surface area (Å²) in [5.74, 6) is 0.201. The summed E-state index contributed by atoms with van der Waals surface area (Å²) >= 11 is 0. The lowest BCUT2D eigenvalue weighted by Crippen LogP contribution is -2.60. The minimum atomic E-state index is -0.724.